The van der Waals surface area contributed by atoms with E-state index in [-0.39, 0.29) is 12.1 Å². The molecule has 0 radical (unpaired) electrons. The Morgan fingerprint density at radius 1 is 0.892 bits per heavy atom. The molecule has 1 saturated heterocycles. The van der Waals surface area contributed by atoms with Crippen LogP contribution in [0.15, 0.2) is 66.9 Å². The van der Waals surface area contributed by atoms with Gasteiger partial charge in [0.2, 0.25) is 0 Å². The van der Waals surface area contributed by atoms with Crippen LogP contribution in [0.4, 0.5) is 5.69 Å². The number of aromatic nitrogens is 2. The number of benzene rings is 2. The molecule has 0 aliphatic carbocycles. The summed E-state index contributed by atoms with van der Waals surface area (Å²) in [6.07, 6.45) is 1.82. The van der Waals surface area contributed by atoms with Gasteiger partial charge in [-0.2, -0.15) is 0 Å². The molecule has 0 spiro atoms. The third-order valence-electron chi connectivity index (χ3n) is 7.14. The number of ether oxygens (including phenoxy) is 2. The van der Waals surface area contributed by atoms with Gasteiger partial charge in [0.05, 0.1) is 37.7 Å². The first-order valence-electron chi connectivity index (χ1n) is 12.3. The van der Waals surface area contributed by atoms with Crippen molar-refractivity contribution in [2.24, 2.45) is 0 Å². The molecule has 3 heterocycles. The van der Waals surface area contributed by atoms with E-state index in [0.29, 0.717) is 5.11 Å². The van der Waals surface area contributed by atoms with E-state index in [9.17, 15) is 0 Å². The zero-order chi connectivity index (χ0) is 26.3. The summed E-state index contributed by atoms with van der Waals surface area (Å²) >= 11 is 5.96. The summed E-state index contributed by atoms with van der Waals surface area (Å²) in [7, 11) is 3.34. The molecule has 5 rings (SSSR count). The van der Waals surface area contributed by atoms with E-state index in [1.54, 1.807) is 14.2 Å². The molecule has 2 aromatic carbocycles. The lowest BCUT2D eigenvalue weighted by Gasteiger charge is -2.29. The smallest absolute Gasteiger partial charge is 0.174 e. The summed E-state index contributed by atoms with van der Waals surface area (Å²) in [5.41, 5.74) is 8.92. The van der Waals surface area contributed by atoms with E-state index in [4.69, 9.17) is 26.7 Å². The Labute approximate surface area is 223 Å². The zero-order valence-electron chi connectivity index (χ0n) is 22.1. The van der Waals surface area contributed by atoms with Crippen LogP contribution in [0.1, 0.15) is 45.9 Å². The Morgan fingerprint density at radius 3 is 2.41 bits per heavy atom. The molecule has 2 atom stereocenters. The van der Waals surface area contributed by atoms with Gasteiger partial charge in [0.25, 0.3) is 0 Å². The highest BCUT2D eigenvalue weighted by Crippen LogP contribution is 2.47. The lowest BCUT2D eigenvalue weighted by Crippen LogP contribution is -2.30. The predicted octanol–water partition coefficient (Wildman–Crippen LogP) is 6.30. The van der Waals surface area contributed by atoms with Gasteiger partial charge in [-0.25, -0.2) is 0 Å². The highest BCUT2D eigenvalue weighted by Gasteiger charge is 2.43. The SMILES string of the molecule is COc1ccc(OC)c(N2C(=S)N[C@@H](c3ccccn3)[C@H]2c2cc(C)n(-c3cc(C)ccc3C)c2C)c1. The molecule has 7 heteroatoms. The van der Waals surface area contributed by atoms with Crippen molar-refractivity contribution in [3.63, 3.8) is 0 Å². The fourth-order valence-corrected chi connectivity index (χ4v) is 5.67. The Hall–Kier alpha value is -3.84. The van der Waals surface area contributed by atoms with Crippen molar-refractivity contribution < 1.29 is 9.47 Å². The van der Waals surface area contributed by atoms with Gasteiger partial charge in [-0.3, -0.25) is 4.98 Å². The van der Waals surface area contributed by atoms with E-state index >= 15 is 0 Å². The normalized spacial score (nSPS) is 17.1. The van der Waals surface area contributed by atoms with Gasteiger partial charge in [0.15, 0.2) is 5.11 Å². The fourth-order valence-electron chi connectivity index (χ4n) is 5.33. The van der Waals surface area contributed by atoms with Crippen LogP contribution in [-0.4, -0.2) is 28.9 Å². The number of nitrogens with zero attached hydrogens (tertiary/aromatic N) is 3. The van der Waals surface area contributed by atoms with Crippen molar-refractivity contribution in [2.45, 2.75) is 39.8 Å². The highest BCUT2D eigenvalue weighted by molar-refractivity contribution is 7.80. The van der Waals surface area contributed by atoms with Crippen LogP contribution in [0.3, 0.4) is 0 Å². The Balaban J connectivity index is 1.73. The summed E-state index contributed by atoms with van der Waals surface area (Å²) in [5, 5.41) is 4.18. The molecule has 0 bridgehead atoms. The molecule has 6 nitrogen and oxygen atoms in total. The number of aryl methyl sites for hydroxylation is 3. The standard InChI is InChI=1S/C30H32N4O2S/c1-18-10-11-19(2)25(15-18)33-20(3)16-23(21(33)4)29-28(24-9-7-8-14-31-24)32-30(37)34(29)26-17-22(35-5)12-13-27(26)36-6/h7-17,28-29H,1-6H3,(H,32,37)/t28-,29+/m0/s1. The average molecular weight is 513 g/mol. The minimum absolute atomic E-state index is 0.155. The second-order valence-corrected chi connectivity index (χ2v) is 9.87. The Kier molecular flexibility index (Phi) is 6.65. The van der Waals surface area contributed by atoms with Crippen LogP contribution < -0.4 is 19.7 Å². The topological polar surface area (TPSA) is 51.6 Å². The molecule has 4 aromatic rings. The van der Waals surface area contributed by atoms with Gasteiger partial charge < -0.3 is 24.3 Å². The van der Waals surface area contributed by atoms with Gasteiger partial charge in [-0.1, -0.05) is 18.2 Å². The van der Waals surface area contributed by atoms with Gasteiger partial charge in [-0.05, 0) is 93.0 Å². The largest absolute Gasteiger partial charge is 0.497 e. The van der Waals surface area contributed by atoms with Gasteiger partial charge in [0, 0.05) is 29.3 Å². The summed E-state index contributed by atoms with van der Waals surface area (Å²) in [5.74, 6) is 1.46. The molecule has 190 valence electrons. The first-order chi connectivity index (χ1) is 17.8. The minimum atomic E-state index is -0.159. The lowest BCUT2D eigenvalue weighted by atomic mass is 9.96. The minimum Gasteiger partial charge on any atom is -0.497 e. The molecule has 1 fully saturated rings. The maximum Gasteiger partial charge on any atom is 0.174 e. The number of hydrogen-bond donors (Lipinski definition) is 1. The molecule has 37 heavy (non-hydrogen) atoms. The van der Waals surface area contributed by atoms with Crippen LogP contribution >= 0.6 is 12.2 Å². The number of hydrogen-bond acceptors (Lipinski definition) is 4. The predicted molar refractivity (Wildman–Crippen MR) is 152 cm³/mol. The summed E-state index contributed by atoms with van der Waals surface area (Å²) in [4.78, 5) is 6.85. The van der Waals surface area contributed by atoms with Gasteiger partial charge in [-0.15, -0.1) is 0 Å². The van der Waals surface area contributed by atoms with Crippen LogP contribution in [0, 0.1) is 27.7 Å². The molecule has 0 saturated carbocycles. The van der Waals surface area contributed by atoms with E-state index in [2.05, 4.69) is 66.7 Å². The van der Waals surface area contributed by atoms with Crippen LogP contribution in [0.5, 0.6) is 11.5 Å². The first kappa shape index (κ1) is 24.8. The van der Waals surface area contributed by atoms with E-state index in [0.717, 1.165) is 34.3 Å². The number of nitrogens with one attached hydrogen (secondary N) is 1. The fraction of sp³-hybridized carbons (Fsp3) is 0.267. The average Bonchev–Trinajstić information content (AvgIpc) is 3.40. The molecule has 0 amide bonds. The molecule has 1 aliphatic heterocycles. The number of rotatable bonds is 6. The van der Waals surface area contributed by atoms with Crippen molar-refractivity contribution in [1.29, 1.82) is 0 Å². The van der Waals surface area contributed by atoms with Crippen molar-refractivity contribution >= 4 is 23.0 Å². The second-order valence-electron chi connectivity index (χ2n) is 9.49. The van der Waals surface area contributed by atoms with E-state index in [1.165, 1.54) is 22.4 Å². The number of anilines is 1. The van der Waals surface area contributed by atoms with E-state index in [1.807, 2.05) is 42.6 Å². The molecule has 1 aliphatic rings. The molecular weight excluding hydrogens is 480 g/mol. The van der Waals surface area contributed by atoms with Crippen molar-refractivity contribution in [1.82, 2.24) is 14.9 Å². The first-order valence-corrected chi connectivity index (χ1v) is 12.7. The van der Waals surface area contributed by atoms with E-state index < -0.39 is 0 Å². The maximum absolute atomic E-state index is 5.96. The van der Waals surface area contributed by atoms with Gasteiger partial charge >= 0.3 is 0 Å². The van der Waals surface area contributed by atoms with Crippen molar-refractivity contribution in [3.8, 4) is 17.2 Å². The number of pyridine rings is 1. The Bertz CT molecular complexity index is 1460. The second kappa shape index (κ2) is 9.90. The van der Waals surface area contributed by atoms with Crippen LogP contribution in [-0.2, 0) is 0 Å². The van der Waals surface area contributed by atoms with Crippen LogP contribution in [0.2, 0.25) is 0 Å². The van der Waals surface area contributed by atoms with Crippen LogP contribution in [0.25, 0.3) is 5.69 Å². The lowest BCUT2D eigenvalue weighted by molar-refractivity contribution is 0.403. The summed E-state index contributed by atoms with van der Waals surface area (Å²) in [6.45, 7) is 8.63. The maximum atomic E-state index is 5.96. The van der Waals surface area contributed by atoms with Crippen molar-refractivity contribution in [3.05, 3.63) is 101 Å². The summed E-state index contributed by atoms with van der Waals surface area (Å²) in [6, 6.07) is 20.3. The number of thiocarbonyl (C=S) groups is 1. The zero-order valence-corrected chi connectivity index (χ0v) is 22.9. The summed E-state index contributed by atoms with van der Waals surface area (Å²) < 4.78 is 13.7. The molecular formula is C30H32N4O2S. The molecule has 1 N–H and O–H groups in total. The highest BCUT2D eigenvalue weighted by atomic mass is 32.1. The van der Waals surface area contributed by atoms with Gasteiger partial charge in [0.1, 0.15) is 11.5 Å². The molecule has 0 unspecified atom stereocenters. The monoisotopic (exact) mass is 512 g/mol. The quantitative estimate of drug-likeness (QED) is 0.306. The molecule has 2 aromatic heterocycles. The van der Waals surface area contributed by atoms with Crippen molar-refractivity contribution in [2.75, 3.05) is 19.1 Å². The third kappa shape index (κ3) is 4.33. The third-order valence-corrected chi connectivity index (χ3v) is 7.45. The Morgan fingerprint density at radius 2 is 1.70 bits per heavy atom. The number of methoxy groups -OCH3 is 2.